The van der Waals surface area contributed by atoms with E-state index in [1.807, 2.05) is 47.4 Å². The number of carbonyl (C=O) groups is 1. The van der Waals surface area contributed by atoms with Crippen molar-refractivity contribution in [3.63, 3.8) is 0 Å². The molecule has 0 radical (unpaired) electrons. The van der Waals surface area contributed by atoms with Crippen LogP contribution in [0.25, 0.3) is 11.1 Å². The van der Waals surface area contributed by atoms with Crippen LogP contribution in [0.4, 0.5) is 0 Å². The first-order chi connectivity index (χ1) is 16.7. The summed E-state index contributed by atoms with van der Waals surface area (Å²) in [4.78, 5) is 14.8. The molecule has 0 spiro atoms. The van der Waals surface area contributed by atoms with Crippen molar-refractivity contribution in [2.45, 2.75) is 32.6 Å². The Morgan fingerprint density at radius 2 is 1.68 bits per heavy atom. The number of fused-ring (bicyclic) bond motifs is 1. The van der Waals surface area contributed by atoms with Gasteiger partial charge in [-0.15, -0.1) is 0 Å². The van der Waals surface area contributed by atoms with Gasteiger partial charge in [-0.05, 0) is 73.4 Å². The minimum Gasteiger partial charge on any atom is -0.483 e. The summed E-state index contributed by atoms with van der Waals surface area (Å²) in [6.45, 7) is 4.08. The summed E-state index contributed by atoms with van der Waals surface area (Å²) in [6.07, 6.45) is 4.22. The van der Waals surface area contributed by atoms with E-state index in [1.165, 1.54) is 11.1 Å². The number of hydrogen-bond donors (Lipinski definition) is 0. The average Bonchev–Trinajstić information content (AvgIpc) is 3.35. The summed E-state index contributed by atoms with van der Waals surface area (Å²) in [5.74, 6) is 3.14. The van der Waals surface area contributed by atoms with Crippen molar-refractivity contribution in [2.75, 3.05) is 26.5 Å². The number of para-hydroxylation sites is 1. The number of ether oxygens (including phenoxy) is 3. The maximum Gasteiger partial charge on any atom is 0.260 e. The minimum atomic E-state index is 0.0637. The number of hydrogen-bond acceptors (Lipinski definition) is 4. The Labute approximate surface area is 201 Å². The number of carbonyl (C=O) groups excluding carboxylic acids is 1. The summed E-state index contributed by atoms with van der Waals surface area (Å²) in [5.41, 5.74) is 4.63. The fourth-order valence-electron chi connectivity index (χ4n) is 4.86. The SMILES string of the molecule is Cc1ccccc1-c1ccccc1OCC(=O)N1CCC(CCc2ccc3c(c2)OCO3)CC1. The largest absolute Gasteiger partial charge is 0.483 e. The number of aryl methyl sites for hydroxylation is 2. The quantitative estimate of drug-likeness (QED) is 0.461. The highest BCUT2D eigenvalue weighted by molar-refractivity contribution is 5.79. The second-order valence-corrected chi connectivity index (χ2v) is 9.15. The van der Waals surface area contributed by atoms with E-state index in [2.05, 4.69) is 31.2 Å². The molecular weight excluding hydrogens is 426 g/mol. The lowest BCUT2D eigenvalue weighted by molar-refractivity contribution is -0.134. The van der Waals surface area contributed by atoms with Crippen LogP contribution in [0.15, 0.2) is 66.7 Å². The predicted molar refractivity (Wildman–Crippen MR) is 132 cm³/mol. The number of benzene rings is 3. The van der Waals surface area contributed by atoms with Gasteiger partial charge < -0.3 is 19.1 Å². The van der Waals surface area contributed by atoms with Gasteiger partial charge in [0.2, 0.25) is 6.79 Å². The highest BCUT2D eigenvalue weighted by Gasteiger charge is 2.23. The van der Waals surface area contributed by atoms with Gasteiger partial charge in [0.05, 0.1) is 0 Å². The molecule has 0 aromatic heterocycles. The number of rotatable bonds is 7. The molecule has 34 heavy (non-hydrogen) atoms. The van der Waals surface area contributed by atoms with Gasteiger partial charge in [0.25, 0.3) is 5.91 Å². The highest BCUT2D eigenvalue weighted by Crippen LogP contribution is 2.34. The maximum atomic E-state index is 12.9. The van der Waals surface area contributed by atoms with Crippen molar-refractivity contribution in [3.05, 3.63) is 77.9 Å². The predicted octanol–water partition coefficient (Wildman–Crippen LogP) is 5.64. The molecule has 176 valence electrons. The van der Waals surface area contributed by atoms with E-state index in [-0.39, 0.29) is 12.5 Å². The third-order valence-electron chi connectivity index (χ3n) is 6.92. The summed E-state index contributed by atoms with van der Waals surface area (Å²) < 4.78 is 16.9. The number of likely N-dealkylation sites (tertiary alicyclic amines) is 1. The van der Waals surface area contributed by atoms with Crippen LogP contribution >= 0.6 is 0 Å². The molecular formula is C29H31NO4. The van der Waals surface area contributed by atoms with Gasteiger partial charge in [0, 0.05) is 18.7 Å². The molecule has 0 unspecified atom stereocenters. The van der Waals surface area contributed by atoms with Gasteiger partial charge in [0.15, 0.2) is 18.1 Å². The summed E-state index contributed by atoms with van der Waals surface area (Å²) in [7, 11) is 0. The monoisotopic (exact) mass is 457 g/mol. The Balaban J connectivity index is 1.11. The molecule has 1 fully saturated rings. The smallest absolute Gasteiger partial charge is 0.260 e. The summed E-state index contributed by atoms with van der Waals surface area (Å²) >= 11 is 0. The molecule has 2 aliphatic heterocycles. The Morgan fingerprint density at radius 3 is 2.50 bits per heavy atom. The Bertz CT molecular complexity index is 1150. The van der Waals surface area contributed by atoms with Gasteiger partial charge in [-0.25, -0.2) is 0 Å². The second kappa shape index (κ2) is 10.2. The molecule has 1 amide bonds. The van der Waals surface area contributed by atoms with Gasteiger partial charge in [-0.3, -0.25) is 4.79 Å². The van der Waals surface area contributed by atoms with E-state index in [9.17, 15) is 4.79 Å². The van der Waals surface area contributed by atoms with E-state index in [0.29, 0.717) is 12.7 Å². The zero-order valence-corrected chi connectivity index (χ0v) is 19.7. The van der Waals surface area contributed by atoms with E-state index in [0.717, 1.165) is 67.1 Å². The topological polar surface area (TPSA) is 48.0 Å². The first-order valence-electron chi connectivity index (χ1n) is 12.1. The van der Waals surface area contributed by atoms with E-state index in [4.69, 9.17) is 14.2 Å². The average molecular weight is 458 g/mol. The van der Waals surface area contributed by atoms with E-state index in [1.54, 1.807) is 0 Å². The van der Waals surface area contributed by atoms with Crippen LogP contribution < -0.4 is 14.2 Å². The Hall–Kier alpha value is -3.47. The van der Waals surface area contributed by atoms with E-state index < -0.39 is 0 Å². The molecule has 3 aromatic carbocycles. The lowest BCUT2D eigenvalue weighted by atomic mass is 9.90. The molecule has 0 N–H and O–H groups in total. The van der Waals surface area contributed by atoms with Crippen molar-refractivity contribution in [1.82, 2.24) is 4.90 Å². The molecule has 1 saturated heterocycles. The van der Waals surface area contributed by atoms with Gasteiger partial charge in [0.1, 0.15) is 5.75 Å². The highest BCUT2D eigenvalue weighted by atomic mass is 16.7. The fraction of sp³-hybridized carbons (Fsp3) is 0.345. The number of piperidine rings is 1. The molecule has 3 aromatic rings. The zero-order chi connectivity index (χ0) is 23.3. The Morgan fingerprint density at radius 1 is 0.941 bits per heavy atom. The van der Waals surface area contributed by atoms with Crippen LogP contribution in [0.5, 0.6) is 17.2 Å². The van der Waals surface area contributed by atoms with Crippen molar-refractivity contribution in [2.24, 2.45) is 5.92 Å². The minimum absolute atomic E-state index is 0.0637. The third kappa shape index (κ3) is 5.04. The van der Waals surface area contributed by atoms with Crippen LogP contribution in [0.1, 0.15) is 30.4 Å². The normalized spacial score (nSPS) is 15.4. The van der Waals surface area contributed by atoms with Crippen LogP contribution in [0.3, 0.4) is 0 Å². The van der Waals surface area contributed by atoms with Gasteiger partial charge in [-0.1, -0.05) is 48.5 Å². The first-order valence-corrected chi connectivity index (χ1v) is 12.1. The zero-order valence-electron chi connectivity index (χ0n) is 19.7. The molecule has 0 bridgehead atoms. The van der Waals surface area contributed by atoms with Crippen LogP contribution in [0, 0.1) is 12.8 Å². The first kappa shape index (κ1) is 22.3. The molecule has 5 nitrogen and oxygen atoms in total. The van der Waals surface area contributed by atoms with Gasteiger partial charge >= 0.3 is 0 Å². The fourth-order valence-corrected chi connectivity index (χ4v) is 4.86. The van der Waals surface area contributed by atoms with Crippen molar-refractivity contribution >= 4 is 5.91 Å². The number of amides is 1. The number of nitrogens with zero attached hydrogens (tertiary/aromatic N) is 1. The third-order valence-corrected chi connectivity index (χ3v) is 6.92. The lowest BCUT2D eigenvalue weighted by Crippen LogP contribution is -2.41. The molecule has 5 heteroatoms. The van der Waals surface area contributed by atoms with E-state index >= 15 is 0 Å². The molecule has 0 saturated carbocycles. The molecule has 0 atom stereocenters. The van der Waals surface area contributed by atoms with Crippen molar-refractivity contribution in [1.29, 1.82) is 0 Å². The van der Waals surface area contributed by atoms with Crippen LogP contribution in [-0.4, -0.2) is 37.3 Å². The molecule has 0 aliphatic carbocycles. The van der Waals surface area contributed by atoms with Crippen molar-refractivity contribution in [3.8, 4) is 28.4 Å². The standard InChI is InChI=1S/C29H31NO4/c1-21-6-2-3-7-24(21)25-8-4-5-9-26(25)32-19-29(31)30-16-14-22(15-17-30)10-11-23-12-13-27-28(18-23)34-20-33-27/h2-9,12-13,18,22H,10-11,14-17,19-20H2,1H3. The maximum absolute atomic E-state index is 12.9. The van der Waals surface area contributed by atoms with Crippen molar-refractivity contribution < 1.29 is 19.0 Å². The Kier molecular flexibility index (Phi) is 6.70. The van der Waals surface area contributed by atoms with Crippen LogP contribution in [0.2, 0.25) is 0 Å². The lowest BCUT2D eigenvalue weighted by Gasteiger charge is -2.32. The summed E-state index contributed by atoms with van der Waals surface area (Å²) in [6, 6.07) is 22.4. The second-order valence-electron chi connectivity index (χ2n) is 9.15. The molecule has 5 rings (SSSR count). The van der Waals surface area contributed by atoms with Crippen LogP contribution in [-0.2, 0) is 11.2 Å². The van der Waals surface area contributed by atoms with Gasteiger partial charge in [-0.2, -0.15) is 0 Å². The molecule has 2 aliphatic rings. The molecule has 2 heterocycles. The summed E-state index contributed by atoms with van der Waals surface area (Å²) in [5, 5.41) is 0.